The van der Waals surface area contributed by atoms with Gasteiger partial charge in [-0.15, -0.1) is 0 Å². The van der Waals surface area contributed by atoms with Crippen molar-refractivity contribution in [3.63, 3.8) is 0 Å². The SMILES string of the molecule is CN(C)C1CCN(C/C=C/COc2cc[c]c(-c3ccc(Br)cc3)c2)CC1. The van der Waals surface area contributed by atoms with Gasteiger partial charge in [-0.3, -0.25) is 4.90 Å². The summed E-state index contributed by atoms with van der Waals surface area (Å²) in [7, 11) is 4.36. The molecule has 2 aromatic carbocycles. The van der Waals surface area contributed by atoms with E-state index in [1.165, 1.54) is 25.9 Å². The van der Waals surface area contributed by atoms with Gasteiger partial charge < -0.3 is 9.64 Å². The summed E-state index contributed by atoms with van der Waals surface area (Å²) >= 11 is 3.47. The number of halogens is 1. The molecule has 0 bridgehead atoms. The Morgan fingerprint density at radius 2 is 1.89 bits per heavy atom. The fraction of sp³-hybridized carbons (Fsp3) is 0.391. The van der Waals surface area contributed by atoms with Crippen molar-refractivity contribution in [2.45, 2.75) is 18.9 Å². The Balaban J connectivity index is 1.43. The van der Waals surface area contributed by atoms with E-state index in [2.05, 4.69) is 70.2 Å². The van der Waals surface area contributed by atoms with E-state index in [1.807, 2.05) is 30.3 Å². The number of piperidine rings is 1. The second-order valence-corrected chi connectivity index (χ2v) is 8.14. The molecule has 3 rings (SSSR count). The zero-order valence-electron chi connectivity index (χ0n) is 16.2. The molecule has 0 aromatic heterocycles. The lowest BCUT2D eigenvalue weighted by Gasteiger charge is -2.34. The van der Waals surface area contributed by atoms with Crippen molar-refractivity contribution in [2.75, 3.05) is 40.3 Å². The van der Waals surface area contributed by atoms with Crippen LogP contribution in [0.4, 0.5) is 0 Å². The van der Waals surface area contributed by atoms with E-state index in [1.54, 1.807) is 0 Å². The first kappa shape index (κ1) is 20.1. The fourth-order valence-electron chi connectivity index (χ4n) is 3.39. The van der Waals surface area contributed by atoms with Crippen molar-refractivity contribution in [1.82, 2.24) is 9.80 Å². The minimum atomic E-state index is 0.595. The number of nitrogens with zero attached hydrogens (tertiary/aromatic N) is 2. The van der Waals surface area contributed by atoms with Crippen LogP contribution < -0.4 is 4.74 Å². The molecular weight excluding hydrogens is 400 g/mol. The number of ether oxygens (including phenoxy) is 1. The fourth-order valence-corrected chi connectivity index (χ4v) is 3.65. The molecule has 1 fully saturated rings. The Labute approximate surface area is 171 Å². The van der Waals surface area contributed by atoms with Crippen molar-refractivity contribution >= 4 is 15.9 Å². The van der Waals surface area contributed by atoms with Crippen LogP contribution in [-0.4, -0.2) is 56.2 Å². The lowest BCUT2D eigenvalue weighted by atomic mass is 10.0. The van der Waals surface area contributed by atoms with Crippen LogP contribution in [0.2, 0.25) is 0 Å². The van der Waals surface area contributed by atoms with E-state index in [9.17, 15) is 0 Å². The lowest BCUT2D eigenvalue weighted by Crippen LogP contribution is -2.41. The summed E-state index contributed by atoms with van der Waals surface area (Å²) in [5, 5.41) is 0. The van der Waals surface area contributed by atoms with Crippen LogP contribution in [0.1, 0.15) is 12.8 Å². The molecule has 0 atom stereocenters. The van der Waals surface area contributed by atoms with Gasteiger partial charge in [0.05, 0.1) is 0 Å². The van der Waals surface area contributed by atoms with Crippen LogP contribution in [0.5, 0.6) is 5.75 Å². The average Bonchev–Trinajstić information content (AvgIpc) is 2.69. The average molecular weight is 428 g/mol. The Hall–Kier alpha value is -1.62. The van der Waals surface area contributed by atoms with Crippen LogP contribution in [0.15, 0.2) is 59.1 Å². The summed E-state index contributed by atoms with van der Waals surface area (Å²) in [4.78, 5) is 4.86. The maximum atomic E-state index is 5.89. The minimum absolute atomic E-state index is 0.595. The van der Waals surface area contributed by atoms with Gasteiger partial charge in [-0.2, -0.15) is 0 Å². The summed E-state index contributed by atoms with van der Waals surface area (Å²) in [6, 6.07) is 18.2. The molecule has 3 nitrogen and oxygen atoms in total. The third kappa shape index (κ3) is 6.20. The Morgan fingerprint density at radius 1 is 1.15 bits per heavy atom. The molecule has 1 heterocycles. The lowest BCUT2D eigenvalue weighted by molar-refractivity contribution is 0.155. The highest BCUT2D eigenvalue weighted by Crippen LogP contribution is 2.25. The molecule has 0 saturated carbocycles. The van der Waals surface area contributed by atoms with Gasteiger partial charge in [-0.1, -0.05) is 46.3 Å². The second-order valence-electron chi connectivity index (χ2n) is 7.22. The van der Waals surface area contributed by atoms with Gasteiger partial charge in [0.25, 0.3) is 0 Å². The van der Waals surface area contributed by atoms with Crippen molar-refractivity contribution < 1.29 is 4.74 Å². The number of rotatable bonds is 7. The number of hydrogen-bond donors (Lipinski definition) is 0. The first-order chi connectivity index (χ1) is 13.1. The largest absolute Gasteiger partial charge is 0.490 e. The highest BCUT2D eigenvalue weighted by atomic mass is 79.9. The topological polar surface area (TPSA) is 15.7 Å². The monoisotopic (exact) mass is 427 g/mol. The van der Waals surface area contributed by atoms with Crippen molar-refractivity contribution in [3.05, 3.63) is 65.2 Å². The van der Waals surface area contributed by atoms with Crippen LogP contribution in [0, 0.1) is 6.07 Å². The predicted molar refractivity (Wildman–Crippen MR) is 116 cm³/mol. The Kier molecular flexibility index (Phi) is 7.50. The van der Waals surface area contributed by atoms with Gasteiger partial charge in [-0.05, 0) is 81.5 Å². The van der Waals surface area contributed by atoms with E-state index in [4.69, 9.17) is 4.74 Å². The number of benzene rings is 2. The zero-order valence-corrected chi connectivity index (χ0v) is 17.8. The maximum Gasteiger partial charge on any atom is 0.120 e. The highest BCUT2D eigenvalue weighted by molar-refractivity contribution is 9.10. The predicted octanol–water partition coefficient (Wildman–Crippen LogP) is 4.88. The summed E-state index contributed by atoms with van der Waals surface area (Å²) in [6.07, 6.45) is 6.86. The molecule has 0 aliphatic carbocycles. The first-order valence-corrected chi connectivity index (χ1v) is 10.4. The van der Waals surface area contributed by atoms with Gasteiger partial charge in [0.15, 0.2) is 0 Å². The molecule has 1 radical (unpaired) electrons. The first-order valence-electron chi connectivity index (χ1n) is 9.56. The third-order valence-electron chi connectivity index (χ3n) is 5.09. The van der Waals surface area contributed by atoms with Crippen molar-refractivity contribution in [1.29, 1.82) is 0 Å². The van der Waals surface area contributed by atoms with Gasteiger partial charge in [0, 0.05) is 17.1 Å². The Bertz CT molecular complexity index is 734. The summed E-state index contributed by atoms with van der Waals surface area (Å²) in [5.74, 6) is 0.878. The van der Waals surface area contributed by atoms with Crippen LogP contribution in [0.25, 0.3) is 11.1 Å². The van der Waals surface area contributed by atoms with E-state index in [0.717, 1.165) is 33.9 Å². The van der Waals surface area contributed by atoms with E-state index >= 15 is 0 Å². The van der Waals surface area contributed by atoms with Crippen molar-refractivity contribution in [3.8, 4) is 16.9 Å². The molecule has 4 heteroatoms. The highest BCUT2D eigenvalue weighted by Gasteiger charge is 2.19. The van der Waals surface area contributed by atoms with Crippen LogP contribution in [0.3, 0.4) is 0 Å². The molecular formula is C23H28BrN2O. The molecule has 0 amide bonds. The van der Waals surface area contributed by atoms with Crippen LogP contribution in [-0.2, 0) is 0 Å². The quantitative estimate of drug-likeness (QED) is 0.585. The number of likely N-dealkylation sites (tertiary alicyclic amines) is 1. The maximum absolute atomic E-state index is 5.89. The molecule has 0 unspecified atom stereocenters. The van der Waals surface area contributed by atoms with E-state index < -0.39 is 0 Å². The minimum Gasteiger partial charge on any atom is -0.490 e. The molecule has 143 valence electrons. The molecule has 1 saturated heterocycles. The van der Waals surface area contributed by atoms with Gasteiger partial charge >= 0.3 is 0 Å². The van der Waals surface area contributed by atoms with Gasteiger partial charge in [-0.25, -0.2) is 0 Å². The molecule has 1 aliphatic heterocycles. The van der Waals surface area contributed by atoms with E-state index in [-0.39, 0.29) is 0 Å². The van der Waals surface area contributed by atoms with Gasteiger partial charge in [0.1, 0.15) is 12.4 Å². The van der Waals surface area contributed by atoms with Crippen LogP contribution >= 0.6 is 15.9 Å². The smallest absolute Gasteiger partial charge is 0.120 e. The molecule has 2 aromatic rings. The molecule has 0 N–H and O–H groups in total. The summed E-state index contributed by atoms with van der Waals surface area (Å²) < 4.78 is 6.97. The Morgan fingerprint density at radius 3 is 2.59 bits per heavy atom. The standard InChI is InChI=1S/C23H28BrN2O/c1-25(2)22-12-15-26(16-13-22)14-3-4-17-27-23-7-5-6-20(18-23)19-8-10-21(24)11-9-19/h3-5,7-11,18,22H,12-17H2,1-2H3/b4-3+. The number of hydrogen-bond acceptors (Lipinski definition) is 3. The summed E-state index contributed by atoms with van der Waals surface area (Å²) in [5.41, 5.74) is 2.19. The van der Waals surface area contributed by atoms with E-state index in [0.29, 0.717) is 6.61 Å². The normalized spacial score (nSPS) is 16.3. The van der Waals surface area contributed by atoms with Crippen molar-refractivity contribution in [2.24, 2.45) is 0 Å². The second kappa shape index (κ2) is 10.1. The molecule has 0 spiro atoms. The summed E-state index contributed by atoms with van der Waals surface area (Å²) in [6.45, 7) is 3.96. The third-order valence-corrected chi connectivity index (χ3v) is 5.62. The van der Waals surface area contributed by atoms with Gasteiger partial charge in [0.2, 0.25) is 0 Å². The molecule has 1 aliphatic rings. The zero-order chi connectivity index (χ0) is 19.1. The molecule has 27 heavy (non-hydrogen) atoms.